The normalized spacial score (nSPS) is 19.0. The molecule has 2 aromatic heterocycles. The number of halogens is 3. The molecule has 0 bridgehead atoms. The van der Waals surface area contributed by atoms with Crippen LogP contribution in [-0.2, 0) is 11.2 Å². The summed E-state index contributed by atoms with van der Waals surface area (Å²) in [4.78, 5) is 14.5. The number of hydrogen-bond donors (Lipinski definition) is 2. The summed E-state index contributed by atoms with van der Waals surface area (Å²) in [5.74, 6) is -2.67. The summed E-state index contributed by atoms with van der Waals surface area (Å²) >= 11 is 5.53. The van der Waals surface area contributed by atoms with Gasteiger partial charge in [-0.05, 0) is 36.6 Å². The van der Waals surface area contributed by atoms with Gasteiger partial charge in [-0.25, -0.2) is 8.78 Å². The standard InChI is InChI=1S/C20H18ClF2N5O2/c1-10-6-24-25-7-14(10)17-5-18(27-26-17)28-8-12(9-29)13(20(28)30)2-11-3-15(22)19(21)16(23)4-11/h3-7,12-13,29H,2,8-9H2,1H3,(H,26,27). The second-order valence-corrected chi connectivity index (χ2v) is 7.68. The maximum absolute atomic E-state index is 13.8. The molecule has 4 rings (SSSR count). The van der Waals surface area contributed by atoms with Gasteiger partial charge in [0.25, 0.3) is 0 Å². The summed E-state index contributed by atoms with van der Waals surface area (Å²) in [6, 6.07) is 3.95. The molecule has 2 unspecified atom stereocenters. The molecule has 1 amide bonds. The first kappa shape index (κ1) is 20.4. The highest BCUT2D eigenvalue weighted by Crippen LogP contribution is 2.33. The molecular weight excluding hydrogens is 416 g/mol. The van der Waals surface area contributed by atoms with Crippen LogP contribution in [0.25, 0.3) is 11.3 Å². The highest BCUT2D eigenvalue weighted by atomic mass is 35.5. The van der Waals surface area contributed by atoms with Crippen LogP contribution in [0, 0.1) is 30.4 Å². The van der Waals surface area contributed by atoms with Crippen molar-refractivity contribution in [2.75, 3.05) is 18.1 Å². The number of aromatic nitrogens is 4. The number of amides is 1. The van der Waals surface area contributed by atoms with Gasteiger partial charge in [0.15, 0.2) is 5.82 Å². The van der Waals surface area contributed by atoms with Gasteiger partial charge < -0.3 is 5.11 Å². The Bertz CT molecular complexity index is 1080. The van der Waals surface area contributed by atoms with Crippen molar-refractivity contribution in [3.05, 3.63) is 58.4 Å². The van der Waals surface area contributed by atoms with E-state index >= 15 is 0 Å². The molecule has 0 saturated carbocycles. The van der Waals surface area contributed by atoms with Crippen LogP contribution in [0.3, 0.4) is 0 Å². The lowest BCUT2D eigenvalue weighted by Gasteiger charge is -2.15. The second-order valence-electron chi connectivity index (χ2n) is 7.30. The number of carbonyl (C=O) groups is 1. The number of carbonyl (C=O) groups excluding carboxylic acids is 1. The monoisotopic (exact) mass is 433 g/mol. The van der Waals surface area contributed by atoms with E-state index in [-0.39, 0.29) is 25.5 Å². The van der Waals surface area contributed by atoms with Crippen molar-refractivity contribution in [3.63, 3.8) is 0 Å². The van der Waals surface area contributed by atoms with E-state index in [1.165, 1.54) is 4.90 Å². The number of aliphatic hydroxyl groups excluding tert-OH is 1. The van der Waals surface area contributed by atoms with Gasteiger partial charge in [0.05, 0.1) is 18.1 Å². The van der Waals surface area contributed by atoms with Crippen LogP contribution in [0.5, 0.6) is 0 Å². The van der Waals surface area contributed by atoms with Gasteiger partial charge in [-0.1, -0.05) is 11.6 Å². The number of aliphatic hydroxyl groups is 1. The second kappa shape index (κ2) is 8.08. The summed E-state index contributed by atoms with van der Waals surface area (Å²) in [7, 11) is 0. The fourth-order valence-corrected chi connectivity index (χ4v) is 3.84. The van der Waals surface area contributed by atoms with Crippen LogP contribution in [-0.4, -0.2) is 44.6 Å². The summed E-state index contributed by atoms with van der Waals surface area (Å²) in [6.07, 6.45) is 3.30. The predicted molar refractivity (Wildman–Crippen MR) is 106 cm³/mol. The maximum Gasteiger partial charge on any atom is 0.232 e. The first-order chi connectivity index (χ1) is 14.4. The number of hydrogen-bond acceptors (Lipinski definition) is 5. The molecule has 1 aliphatic rings. The molecule has 7 nitrogen and oxygen atoms in total. The van der Waals surface area contributed by atoms with Gasteiger partial charge in [0.2, 0.25) is 5.91 Å². The molecule has 0 aliphatic carbocycles. The SMILES string of the molecule is Cc1cnncc1-c1cc(N2CC(CO)C(Cc3cc(F)c(Cl)c(F)c3)C2=O)n[nH]1. The molecule has 0 radical (unpaired) electrons. The third-order valence-corrected chi connectivity index (χ3v) is 5.72. The van der Waals surface area contributed by atoms with Gasteiger partial charge in [-0.15, -0.1) is 0 Å². The Kier molecular flexibility index (Phi) is 5.48. The fourth-order valence-electron chi connectivity index (χ4n) is 3.73. The molecule has 1 aliphatic heterocycles. The Morgan fingerprint density at radius 1 is 1.23 bits per heavy atom. The third-order valence-electron chi connectivity index (χ3n) is 5.36. The van der Waals surface area contributed by atoms with Crippen LogP contribution >= 0.6 is 11.6 Å². The third kappa shape index (κ3) is 3.66. The molecule has 10 heteroatoms. The lowest BCUT2D eigenvalue weighted by Crippen LogP contribution is -2.28. The fraction of sp³-hybridized carbons (Fsp3) is 0.300. The number of nitrogens with zero attached hydrogens (tertiary/aromatic N) is 4. The number of H-pyrrole nitrogens is 1. The largest absolute Gasteiger partial charge is 0.396 e. The molecule has 1 fully saturated rings. The molecule has 156 valence electrons. The van der Waals surface area contributed by atoms with Crippen LogP contribution in [0.4, 0.5) is 14.6 Å². The van der Waals surface area contributed by atoms with Gasteiger partial charge >= 0.3 is 0 Å². The average Bonchev–Trinajstić information content (AvgIpc) is 3.32. The average molecular weight is 434 g/mol. The highest BCUT2D eigenvalue weighted by molar-refractivity contribution is 6.30. The van der Waals surface area contributed by atoms with Crippen molar-refractivity contribution < 1.29 is 18.7 Å². The molecule has 1 saturated heterocycles. The van der Waals surface area contributed by atoms with E-state index in [0.29, 0.717) is 17.1 Å². The lowest BCUT2D eigenvalue weighted by atomic mass is 9.89. The summed E-state index contributed by atoms with van der Waals surface area (Å²) < 4.78 is 27.6. The van der Waals surface area contributed by atoms with Gasteiger partial charge in [0.1, 0.15) is 16.7 Å². The van der Waals surface area contributed by atoms with E-state index in [2.05, 4.69) is 20.4 Å². The minimum Gasteiger partial charge on any atom is -0.396 e. The molecule has 3 heterocycles. The molecule has 3 aromatic rings. The van der Waals surface area contributed by atoms with E-state index < -0.39 is 28.5 Å². The van der Waals surface area contributed by atoms with Gasteiger partial charge in [0, 0.05) is 36.6 Å². The van der Waals surface area contributed by atoms with E-state index in [1.54, 1.807) is 18.5 Å². The van der Waals surface area contributed by atoms with Crippen molar-refractivity contribution in [2.24, 2.45) is 11.8 Å². The van der Waals surface area contributed by atoms with Crippen molar-refractivity contribution in [3.8, 4) is 11.3 Å². The Labute approximate surface area is 175 Å². The smallest absolute Gasteiger partial charge is 0.232 e. The van der Waals surface area contributed by atoms with Crippen LogP contribution in [0.15, 0.2) is 30.6 Å². The Balaban J connectivity index is 1.59. The van der Waals surface area contributed by atoms with Crippen molar-refractivity contribution in [2.45, 2.75) is 13.3 Å². The number of rotatable bonds is 5. The quantitative estimate of drug-likeness (QED) is 0.603. The maximum atomic E-state index is 13.8. The molecule has 2 atom stereocenters. The molecular formula is C20H18ClF2N5O2. The van der Waals surface area contributed by atoms with E-state index in [9.17, 15) is 18.7 Å². The Morgan fingerprint density at radius 2 is 1.93 bits per heavy atom. The summed E-state index contributed by atoms with van der Waals surface area (Å²) in [5, 5.41) is 24.0. The van der Waals surface area contributed by atoms with Crippen LogP contribution in [0.1, 0.15) is 11.1 Å². The lowest BCUT2D eigenvalue weighted by molar-refractivity contribution is -0.121. The first-order valence-corrected chi connectivity index (χ1v) is 9.65. The highest BCUT2D eigenvalue weighted by Gasteiger charge is 2.41. The van der Waals surface area contributed by atoms with Crippen molar-refractivity contribution >= 4 is 23.3 Å². The molecule has 1 aromatic carbocycles. The Hall–Kier alpha value is -2.91. The van der Waals surface area contributed by atoms with Gasteiger partial charge in [-0.3, -0.25) is 14.8 Å². The molecule has 0 spiro atoms. The number of benzene rings is 1. The van der Waals surface area contributed by atoms with Gasteiger partial charge in [-0.2, -0.15) is 15.3 Å². The zero-order valence-electron chi connectivity index (χ0n) is 15.9. The van der Waals surface area contributed by atoms with E-state index in [1.807, 2.05) is 6.92 Å². The Morgan fingerprint density at radius 3 is 2.60 bits per heavy atom. The van der Waals surface area contributed by atoms with Crippen molar-refractivity contribution in [1.82, 2.24) is 20.4 Å². The zero-order valence-corrected chi connectivity index (χ0v) is 16.7. The van der Waals surface area contributed by atoms with E-state index in [0.717, 1.165) is 23.3 Å². The minimum absolute atomic E-state index is 0.0796. The topological polar surface area (TPSA) is 95.0 Å². The van der Waals surface area contributed by atoms with Crippen molar-refractivity contribution in [1.29, 1.82) is 0 Å². The van der Waals surface area contributed by atoms with Crippen LogP contribution in [0.2, 0.25) is 5.02 Å². The molecule has 30 heavy (non-hydrogen) atoms. The number of nitrogens with one attached hydrogen (secondary N) is 1. The summed E-state index contributed by atoms with van der Waals surface area (Å²) in [5.41, 5.74) is 2.67. The first-order valence-electron chi connectivity index (χ1n) is 9.27. The minimum atomic E-state index is -0.882. The molecule has 2 N–H and O–H groups in total. The number of aromatic amines is 1. The number of aryl methyl sites for hydroxylation is 1. The number of anilines is 1. The van der Waals surface area contributed by atoms with Crippen LogP contribution < -0.4 is 4.90 Å². The summed E-state index contributed by atoms with van der Waals surface area (Å²) in [6.45, 7) is 1.89. The zero-order chi connectivity index (χ0) is 21.4. The van der Waals surface area contributed by atoms with E-state index in [4.69, 9.17) is 11.6 Å². The predicted octanol–water partition coefficient (Wildman–Crippen LogP) is 2.92.